The minimum atomic E-state index is 0.647. The quantitative estimate of drug-likeness (QED) is 0.843. The molecule has 2 nitrogen and oxygen atoms in total. The molecule has 2 N–H and O–H groups in total. The highest BCUT2D eigenvalue weighted by atomic mass is 32.2. The second kappa shape index (κ2) is 7.05. The van der Waals surface area contributed by atoms with E-state index in [1.165, 1.54) is 37.0 Å². The van der Waals surface area contributed by atoms with Crippen LogP contribution in [0.4, 0.5) is 0 Å². The highest BCUT2D eigenvalue weighted by Crippen LogP contribution is 2.39. The van der Waals surface area contributed by atoms with Gasteiger partial charge in [-0.2, -0.15) is 0 Å². The molecule has 1 aromatic rings. The third kappa shape index (κ3) is 3.42. The van der Waals surface area contributed by atoms with Crippen molar-refractivity contribution in [2.45, 2.75) is 42.2 Å². The maximum absolute atomic E-state index is 5.94. The SMILES string of the molecule is COc1ccccc1SC1CCCCCC1CN. The van der Waals surface area contributed by atoms with Gasteiger partial charge in [0.15, 0.2) is 0 Å². The fourth-order valence-electron chi connectivity index (χ4n) is 2.65. The standard InChI is InChI=1S/C15H23NOS/c1-17-13-8-5-6-10-15(13)18-14-9-4-2-3-7-12(14)11-16/h5-6,8,10,12,14H,2-4,7,9,11,16H2,1H3. The molecule has 2 rings (SSSR count). The summed E-state index contributed by atoms with van der Waals surface area (Å²) in [6.07, 6.45) is 6.60. The zero-order valence-corrected chi connectivity index (χ0v) is 11.9. The minimum Gasteiger partial charge on any atom is -0.496 e. The molecular weight excluding hydrogens is 242 g/mol. The maximum atomic E-state index is 5.94. The van der Waals surface area contributed by atoms with Crippen LogP contribution in [0.2, 0.25) is 0 Å². The maximum Gasteiger partial charge on any atom is 0.132 e. The Balaban J connectivity index is 2.10. The molecule has 1 aliphatic rings. The molecule has 0 aliphatic heterocycles. The van der Waals surface area contributed by atoms with Crippen molar-refractivity contribution in [2.75, 3.05) is 13.7 Å². The van der Waals surface area contributed by atoms with Crippen molar-refractivity contribution in [3.63, 3.8) is 0 Å². The lowest BCUT2D eigenvalue weighted by atomic mass is 10.0. The van der Waals surface area contributed by atoms with E-state index in [1.54, 1.807) is 7.11 Å². The minimum absolute atomic E-state index is 0.647. The fraction of sp³-hybridized carbons (Fsp3) is 0.600. The van der Waals surface area contributed by atoms with Crippen molar-refractivity contribution < 1.29 is 4.74 Å². The van der Waals surface area contributed by atoms with Crippen LogP contribution in [-0.2, 0) is 0 Å². The summed E-state index contributed by atoms with van der Waals surface area (Å²) in [4.78, 5) is 1.25. The molecule has 0 radical (unpaired) electrons. The molecule has 0 spiro atoms. The average Bonchev–Trinajstić information content (AvgIpc) is 2.64. The van der Waals surface area contributed by atoms with Crippen LogP contribution >= 0.6 is 11.8 Å². The lowest BCUT2D eigenvalue weighted by molar-refractivity contribution is 0.404. The van der Waals surface area contributed by atoms with Crippen molar-refractivity contribution in [3.05, 3.63) is 24.3 Å². The van der Waals surface area contributed by atoms with E-state index in [4.69, 9.17) is 10.5 Å². The number of nitrogens with two attached hydrogens (primary N) is 1. The van der Waals surface area contributed by atoms with Gasteiger partial charge in [-0.05, 0) is 37.4 Å². The molecule has 18 heavy (non-hydrogen) atoms. The van der Waals surface area contributed by atoms with Crippen LogP contribution in [-0.4, -0.2) is 18.9 Å². The largest absolute Gasteiger partial charge is 0.496 e. The molecule has 100 valence electrons. The van der Waals surface area contributed by atoms with Gasteiger partial charge in [0.2, 0.25) is 0 Å². The van der Waals surface area contributed by atoms with Crippen LogP contribution in [0.1, 0.15) is 32.1 Å². The van der Waals surface area contributed by atoms with Crippen LogP contribution in [0.3, 0.4) is 0 Å². The van der Waals surface area contributed by atoms with Gasteiger partial charge in [0.25, 0.3) is 0 Å². The second-order valence-electron chi connectivity index (χ2n) is 4.94. The number of benzene rings is 1. The van der Waals surface area contributed by atoms with Gasteiger partial charge in [-0.1, -0.05) is 31.4 Å². The molecular formula is C15H23NOS. The number of thioether (sulfide) groups is 1. The highest BCUT2D eigenvalue weighted by Gasteiger charge is 2.24. The van der Waals surface area contributed by atoms with Crippen LogP contribution in [0.25, 0.3) is 0 Å². The van der Waals surface area contributed by atoms with E-state index in [2.05, 4.69) is 12.1 Å². The lowest BCUT2D eigenvalue weighted by Gasteiger charge is -2.23. The van der Waals surface area contributed by atoms with E-state index in [9.17, 15) is 0 Å². The number of methoxy groups -OCH3 is 1. The van der Waals surface area contributed by atoms with E-state index >= 15 is 0 Å². The van der Waals surface area contributed by atoms with Gasteiger partial charge in [0.1, 0.15) is 5.75 Å². The molecule has 2 unspecified atom stereocenters. The predicted octanol–water partition coefficient (Wildman–Crippen LogP) is 3.69. The molecule has 0 aromatic heterocycles. The van der Waals surface area contributed by atoms with Gasteiger partial charge in [-0.15, -0.1) is 11.8 Å². The predicted molar refractivity (Wildman–Crippen MR) is 78.3 cm³/mol. The molecule has 1 aliphatic carbocycles. The Hall–Kier alpha value is -0.670. The summed E-state index contributed by atoms with van der Waals surface area (Å²) in [7, 11) is 1.74. The zero-order chi connectivity index (χ0) is 12.8. The molecule has 1 aromatic carbocycles. The summed E-state index contributed by atoms with van der Waals surface area (Å²) in [5, 5.41) is 0.647. The summed E-state index contributed by atoms with van der Waals surface area (Å²) in [6, 6.07) is 8.30. The van der Waals surface area contributed by atoms with Gasteiger partial charge < -0.3 is 10.5 Å². The fourth-order valence-corrected chi connectivity index (χ4v) is 4.13. The van der Waals surface area contributed by atoms with Crippen LogP contribution in [0.5, 0.6) is 5.75 Å². The van der Waals surface area contributed by atoms with Crippen molar-refractivity contribution in [2.24, 2.45) is 11.7 Å². The molecule has 1 saturated carbocycles. The smallest absolute Gasteiger partial charge is 0.132 e. The van der Waals surface area contributed by atoms with Crippen molar-refractivity contribution in [3.8, 4) is 5.75 Å². The number of para-hydroxylation sites is 1. The molecule has 2 atom stereocenters. The van der Waals surface area contributed by atoms with Gasteiger partial charge in [-0.3, -0.25) is 0 Å². The molecule has 0 amide bonds. The van der Waals surface area contributed by atoms with E-state index in [-0.39, 0.29) is 0 Å². The summed E-state index contributed by atoms with van der Waals surface area (Å²) in [5.41, 5.74) is 5.94. The molecule has 3 heteroatoms. The first-order valence-electron chi connectivity index (χ1n) is 6.85. The topological polar surface area (TPSA) is 35.2 Å². The number of hydrogen-bond donors (Lipinski definition) is 1. The Morgan fingerprint density at radius 2 is 2.00 bits per heavy atom. The first-order chi connectivity index (χ1) is 8.85. The monoisotopic (exact) mass is 265 g/mol. The zero-order valence-electron chi connectivity index (χ0n) is 11.1. The lowest BCUT2D eigenvalue weighted by Crippen LogP contribution is -2.24. The van der Waals surface area contributed by atoms with Gasteiger partial charge in [0, 0.05) is 10.1 Å². The summed E-state index contributed by atoms with van der Waals surface area (Å²) in [6.45, 7) is 0.812. The highest BCUT2D eigenvalue weighted by molar-refractivity contribution is 8.00. The average molecular weight is 265 g/mol. The molecule has 0 bridgehead atoms. The number of ether oxygens (including phenoxy) is 1. The van der Waals surface area contributed by atoms with Gasteiger partial charge in [0.05, 0.1) is 7.11 Å². The van der Waals surface area contributed by atoms with Gasteiger partial charge in [-0.25, -0.2) is 0 Å². The Kier molecular flexibility index (Phi) is 5.39. The van der Waals surface area contributed by atoms with Crippen LogP contribution < -0.4 is 10.5 Å². The summed E-state index contributed by atoms with van der Waals surface area (Å²) in [5.74, 6) is 1.64. The van der Waals surface area contributed by atoms with E-state index in [0.717, 1.165) is 12.3 Å². The van der Waals surface area contributed by atoms with Crippen LogP contribution in [0.15, 0.2) is 29.2 Å². The Morgan fingerprint density at radius 1 is 1.22 bits per heavy atom. The number of rotatable bonds is 4. The number of hydrogen-bond acceptors (Lipinski definition) is 3. The molecule has 0 heterocycles. The molecule has 1 fully saturated rings. The first kappa shape index (κ1) is 13.8. The second-order valence-corrected chi connectivity index (χ2v) is 6.22. The Bertz CT molecular complexity index is 369. The first-order valence-corrected chi connectivity index (χ1v) is 7.73. The van der Waals surface area contributed by atoms with E-state index < -0.39 is 0 Å². The van der Waals surface area contributed by atoms with Gasteiger partial charge >= 0.3 is 0 Å². The summed E-state index contributed by atoms with van der Waals surface area (Å²) >= 11 is 1.96. The van der Waals surface area contributed by atoms with Crippen LogP contribution in [0, 0.1) is 5.92 Å². The van der Waals surface area contributed by atoms with Crippen molar-refractivity contribution in [1.82, 2.24) is 0 Å². The van der Waals surface area contributed by atoms with E-state index in [1.807, 2.05) is 23.9 Å². The van der Waals surface area contributed by atoms with Crippen molar-refractivity contribution >= 4 is 11.8 Å². The summed E-state index contributed by atoms with van der Waals surface area (Å²) < 4.78 is 5.43. The molecule has 0 saturated heterocycles. The Morgan fingerprint density at radius 3 is 2.78 bits per heavy atom. The third-order valence-corrected chi connectivity index (χ3v) is 5.25. The van der Waals surface area contributed by atoms with E-state index in [0.29, 0.717) is 11.2 Å². The third-order valence-electron chi connectivity index (χ3n) is 3.74. The Labute approximate surface area is 114 Å². The normalized spacial score (nSPS) is 24.6. The van der Waals surface area contributed by atoms with Crippen molar-refractivity contribution in [1.29, 1.82) is 0 Å².